The summed E-state index contributed by atoms with van der Waals surface area (Å²) in [6.07, 6.45) is 5.39. The van der Waals surface area contributed by atoms with Crippen molar-refractivity contribution in [2.24, 2.45) is 0 Å². The monoisotopic (exact) mass is 378 g/mol. The molecule has 3 nitrogen and oxygen atoms in total. The van der Waals surface area contributed by atoms with Gasteiger partial charge in [0, 0.05) is 24.4 Å². The maximum atomic E-state index is 5.49. The highest BCUT2D eigenvalue weighted by atomic mass is 16.5. The molecule has 0 fully saturated rings. The summed E-state index contributed by atoms with van der Waals surface area (Å²) in [4.78, 5) is 2.19. The molecule has 0 radical (unpaired) electrons. The third-order valence-corrected chi connectivity index (χ3v) is 4.87. The fourth-order valence-corrected chi connectivity index (χ4v) is 3.21. The first-order valence-corrected chi connectivity index (χ1v) is 9.92. The van der Waals surface area contributed by atoms with Gasteiger partial charge >= 0.3 is 0 Å². The second-order valence-corrected chi connectivity index (χ2v) is 7.44. The number of nitrogens with zero attached hydrogens (tertiary/aromatic N) is 1. The number of allylic oxidation sites excluding steroid dienone is 4. The molecule has 0 unspecified atom stereocenters. The van der Waals surface area contributed by atoms with Crippen molar-refractivity contribution in [1.82, 2.24) is 10.2 Å². The highest BCUT2D eigenvalue weighted by Gasteiger charge is 2.05. The van der Waals surface area contributed by atoms with E-state index < -0.39 is 0 Å². The molecule has 0 saturated carbocycles. The van der Waals surface area contributed by atoms with Crippen molar-refractivity contribution < 1.29 is 4.74 Å². The van der Waals surface area contributed by atoms with Crippen LogP contribution in [0, 0.1) is 6.92 Å². The fourth-order valence-electron chi connectivity index (χ4n) is 3.21. The normalized spacial score (nSPS) is 12.4. The van der Waals surface area contributed by atoms with Crippen LogP contribution in [-0.4, -0.2) is 26.1 Å². The van der Waals surface area contributed by atoms with Crippen LogP contribution in [0.5, 0.6) is 5.75 Å². The number of aryl methyl sites for hydroxylation is 1. The van der Waals surface area contributed by atoms with E-state index in [1.54, 1.807) is 7.11 Å². The van der Waals surface area contributed by atoms with E-state index in [2.05, 4.69) is 87.6 Å². The van der Waals surface area contributed by atoms with Gasteiger partial charge in [-0.3, -0.25) is 0 Å². The first-order valence-electron chi connectivity index (χ1n) is 9.92. The van der Waals surface area contributed by atoms with Gasteiger partial charge in [-0.1, -0.05) is 49.4 Å². The number of ether oxygens (including phenoxy) is 1. The highest BCUT2D eigenvalue weighted by molar-refractivity contribution is 5.67. The quantitative estimate of drug-likeness (QED) is 0.579. The van der Waals surface area contributed by atoms with Gasteiger partial charge in [0.05, 0.1) is 7.11 Å². The van der Waals surface area contributed by atoms with Crippen molar-refractivity contribution in [3.63, 3.8) is 0 Å². The standard InChI is InChI=1S/C25H34N2O/c1-7-22(23-15-12-21(13-16-23)18-27(4)5)14-11-20(3)26-17-24-19(2)9-8-10-25(24)28-6/h8-16,26H,7,17-18H2,1-6H3/b20-11+,22-14+. The van der Waals surface area contributed by atoms with E-state index in [0.29, 0.717) is 0 Å². The maximum absolute atomic E-state index is 5.49. The number of hydrogen-bond acceptors (Lipinski definition) is 3. The number of hydrogen-bond donors (Lipinski definition) is 1. The molecule has 2 aromatic rings. The zero-order chi connectivity index (χ0) is 20.5. The molecule has 3 heteroatoms. The summed E-state index contributed by atoms with van der Waals surface area (Å²) in [5.74, 6) is 0.933. The van der Waals surface area contributed by atoms with Gasteiger partial charge in [-0.15, -0.1) is 0 Å². The second kappa shape index (κ2) is 10.7. The Kier molecular flexibility index (Phi) is 8.34. The van der Waals surface area contributed by atoms with E-state index >= 15 is 0 Å². The molecule has 0 saturated heterocycles. The minimum Gasteiger partial charge on any atom is -0.496 e. The molecule has 28 heavy (non-hydrogen) atoms. The number of benzene rings is 2. The third-order valence-electron chi connectivity index (χ3n) is 4.87. The predicted octanol–water partition coefficient (Wildman–Crippen LogP) is 5.55. The smallest absolute Gasteiger partial charge is 0.124 e. The molecule has 0 aromatic heterocycles. The average molecular weight is 379 g/mol. The topological polar surface area (TPSA) is 24.5 Å². The lowest BCUT2D eigenvalue weighted by molar-refractivity contribution is 0.402. The molecular weight excluding hydrogens is 344 g/mol. The molecule has 0 aliphatic rings. The Morgan fingerprint density at radius 2 is 1.79 bits per heavy atom. The molecular formula is C25H34N2O. The van der Waals surface area contributed by atoms with E-state index in [-0.39, 0.29) is 0 Å². The van der Waals surface area contributed by atoms with Gasteiger partial charge in [0.1, 0.15) is 5.75 Å². The highest BCUT2D eigenvalue weighted by Crippen LogP contribution is 2.22. The molecule has 0 heterocycles. The van der Waals surface area contributed by atoms with Crippen LogP contribution in [0.2, 0.25) is 0 Å². The van der Waals surface area contributed by atoms with Gasteiger partial charge < -0.3 is 15.0 Å². The van der Waals surface area contributed by atoms with Crippen LogP contribution in [0.1, 0.15) is 42.5 Å². The van der Waals surface area contributed by atoms with Crippen molar-refractivity contribution in [1.29, 1.82) is 0 Å². The Morgan fingerprint density at radius 1 is 1.07 bits per heavy atom. The largest absolute Gasteiger partial charge is 0.496 e. The zero-order valence-electron chi connectivity index (χ0n) is 18.2. The molecule has 0 spiro atoms. The Hall–Kier alpha value is -2.52. The van der Waals surface area contributed by atoms with Gasteiger partial charge in [0.2, 0.25) is 0 Å². The summed E-state index contributed by atoms with van der Waals surface area (Å²) < 4.78 is 5.49. The van der Waals surface area contributed by atoms with Gasteiger partial charge in [-0.05, 0) is 68.8 Å². The Balaban J connectivity index is 2.07. The van der Waals surface area contributed by atoms with Crippen molar-refractivity contribution in [2.75, 3.05) is 21.2 Å². The minimum atomic E-state index is 0.757. The van der Waals surface area contributed by atoms with Crippen LogP contribution >= 0.6 is 0 Å². The van der Waals surface area contributed by atoms with E-state index in [1.807, 2.05) is 12.1 Å². The summed E-state index contributed by atoms with van der Waals surface area (Å²) in [7, 11) is 5.91. The average Bonchev–Trinajstić information content (AvgIpc) is 2.68. The number of methoxy groups -OCH3 is 1. The van der Waals surface area contributed by atoms with E-state index in [9.17, 15) is 0 Å². The SMILES string of the molecule is CC/C(=C\C=C(/C)NCc1c(C)cccc1OC)c1ccc(CN(C)C)cc1. The molecule has 2 rings (SSSR count). The van der Waals surface area contributed by atoms with E-state index in [0.717, 1.165) is 31.0 Å². The summed E-state index contributed by atoms with van der Waals surface area (Å²) in [6.45, 7) is 8.15. The van der Waals surface area contributed by atoms with E-state index in [4.69, 9.17) is 4.74 Å². The first-order chi connectivity index (χ1) is 13.4. The summed E-state index contributed by atoms with van der Waals surface area (Å²) in [6, 6.07) is 15.0. The lowest BCUT2D eigenvalue weighted by Gasteiger charge is -2.13. The Labute approximate surface area is 170 Å². The Morgan fingerprint density at radius 3 is 2.39 bits per heavy atom. The summed E-state index contributed by atoms with van der Waals surface area (Å²) >= 11 is 0. The van der Waals surface area contributed by atoms with Crippen LogP contribution in [0.3, 0.4) is 0 Å². The van der Waals surface area contributed by atoms with Gasteiger partial charge in [-0.25, -0.2) is 0 Å². The molecule has 0 bridgehead atoms. The summed E-state index contributed by atoms with van der Waals surface area (Å²) in [5, 5.41) is 3.51. The molecule has 0 aliphatic heterocycles. The van der Waals surface area contributed by atoms with Crippen molar-refractivity contribution in [2.45, 2.75) is 40.3 Å². The van der Waals surface area contributed by atoms with Crippen LogP contribution in [0.4, 0.5) is 0 Å². The third kappa shape index (κ3) is 6.28. The van der Waals surface area contributed by atoms with Crippen molar-refractivity contribution in [3.8, 4) is 5.75 Å². The van der Waals surface area contributed by atoms with Crippen molar-refractivity contribution in [3.05, 3.63) is 82.6 Å². The molecule has 0 atom stereocenters. The molecule has 0 amide bonds. The van der Waals surface area contributed by atoms with Crippen LogP contribution < -0.4 is 10.1 Å². The van der Waals surface area contributed by atoms with E-state index in [1.165, 1.54) is 27.8 Å². The molecule has 1 N–H and O–H groups in total. The van der Waals surface area contributed by atoms with Gasteiger partial charge in [-0.2, -0.15) is 0 Å². The van der Waals surface area contributed by atoms with Crippen LogP contribution in [0.25, 0.3) is 5.57 Å². The molecule has 0 aliphatic carbocycles. The van der Waals surface area contributed by atoms with Crippen LogP contribution in [-0.2, 0) is 13.1 Å². The lowest BCUT2D eigenvalue weighted by Crippen LogP contribution is -2.12. The fraction of sp³-hybridized carbons (Fsp3) is 0.360. The van der Waals surface area contributed by atoms with Gasteiger partial charge in [0.15, 0.2) is 0 Å². The predicted molar refractivity (Wildman–Crippen MR) is 120 cm³/mol. The minimum absolute atomic E-state index is 0.757. The number of rotatable bonds is 9. The first kappa shape index (κ1) is 21.8. The Bertz CT molecular complexity index is 817. The number of nitrogens with one attached hydrogen (secondary N) is 1. The second-order valence-electron chi connectivity index (χ2n) is 7.44. The maximum Gasteiger partial charge on any atom is 0.124 e. The van der Waals surface area contributed by atoms with Crippen molar-refractivity contribution >= 4 is 5.57 Å². The molecule has 2 aromatic carbocycles. The lowest BCUT2D eigenvalue weighted by atomic mass is 10.0. The van der Waals surface area contributed by atoms with Gasteiger partial charge in [0.25, 0.3) is 0 Å². The zero-order valence-corrected chi connectivity index (χ0v) is 18.2. The van der Waals surface area contributed by atoms with Crippen LogP contribution in [0.15, 0.2) is 60.3 Å². The summed E-state index contributed by atoms with van der Waals surface area (Å²) in [5.41, 5.74) is 7.54. The molecule has 150 valence electrons.